The van der Waals surface area contributed by atoms with E-state index in [0.29, 0.717) is 29.0 Å². The fourth-order valence-corrected chi connectivity index (χ4v) is 2.11. The predicted octanol–water partition coefficient (Wildman–Crippen LogP) is 3.13. The van der Waals surface area contributed by atoms with Gasteiger partial charge in [-0.25, -0.2) is 0 Å². The van der Waals surface area contributed by atoms with Gasteiger partial charge in [-0.15, -0.1) is 0 Å². The standard InChI is InChI=1S/C16H14INO4/c1-21-14-6-7-15(11(8-14)9-19)22-10-16(20)18-13-4-2-12(17)3-5-13/h2-9H,10H2,1H3,(H,18,20). The molecule has 22 heavy (non-hydrogen) atoms. The fraction of sp³-hybridized carbons (Fsp3) is 0.125. The van der Waals surface area contributed by atoms with Gasteiger partial charge in [0, 0.05) is 9.26 Å². The lowest BCUT2D eigenvalue weighted by molar-refractivity contribution is -0.118. The van der Waals surface area contributed by atoms with Gasteiger partial charge in [0.15, 0.2) is 12.9 Å². The van der Waals surface area contributed by atoms with E-state index in [4.69, 9.17) is 9.47 Å². The van der Waals surface area contributed by atoms with E-state index in [0.717, 1.165) is 3.57 Å². The summed E-state index contributed by atoms with van der Waals surface area (Å²) in [5, 5.41) is 2.72. The zero-order chi connectivity index (χ0) is 15.9. The van der Waals surface area contributed by atoms with Crippen molar-refractivity contribution in [3.63, 3.8) is 0 Å². The summed E-state index contributed by atoms with van der Waals surface area (Å²) >= 11 is 2.19. The number of amides is 1. The first-order valence-electron chi connectivity index (χ1n) is 6.44. The summed E-state index contributed by atoms with van der Waals surface area (Å²) in [5.41, 5.74) is 1.03. The third-order valence-corrected chi connectivity index (χ3v) is 3.55. The number of benzene rings is 2. The highest BCUT2D eigenvalue weighted by molar-refractivity contribution is 14.1. The van der Waals surface area contributed by atoms with Crippen molar-refractivity contribution in [1.29, 1.82) is 0 Å². The van der Waals surface area contributed by atoms with Gasteiger partial charge in [0.2, 0.25) is 0 Å². The molecular formula is C16H14INO4. The Morgan fingerprint density at radius 3 is 2.59 bits per heavy atom. The normalized spacial score (nSPS) is 9.91. The van der Waals surface area contributed by atoms with Crippen LogP contribution in [0.15, 0.2) is 42.5 Å². The summed E-state index contributed by atoms with van der Waals surface area (Å²) in [6, 6.07) is 12.2. The van der Waals surface area contributed by atoms with Gasteiger partial charge in [-0.3, -0.25) is 9.59 Å². The minimum Gasteiger partial charge on any atom is -0.497 e. The van der Waals surface area contributed by atoms with Crippen LogP contribution in [0.25, 0.3) is 0 Å². The number of ether oxygens (including phenoxy) is 2. The number of anilines is 1. The maximum absolute atomic E-state index is 11.8. The lowest BCUT2D eigenvalue weighted by Crippen LogP contribution is -2.20. The van der Waals surface area contributed by atoms with Crippen molar-refractivity contribution in [2.75, 3.05) is 19.0 Å². The number of rotatable bonds is 6. The van der Waals surface area contributed by atoms with Crippen molar-refractivity contribution >= 4 is 40.5 Å². The van der Waals surface area contributed by atoms with Crippen LogP contribution in [0.3, 0.4) is 0 Å². The Labute approximate surface area is 141 Å². The molecule has 5 nitrogen and oxygen atoms in total. The van der Waals surface area contributed by atoms with Crippen LogP contribution in [0, 0.1) is 3.57 Å². The molecule has 0 aliphatic heterocycles. The second-order valence-electron chi connectivity index (χ2n) is 4.37. The van der Waals surface area contributed by atoms with E-state index in [1.54, 1.807) is 18.2 Å². The highest BCUT2D eigenvalue weighted by Gasteiger charge is 2.08. The van der Waals surface area contributed by atoms with Crippen molar-refractivity contribution < 1.29 is 19.1 Å². The van der Waals surface area contributed by atoms with Gasteiger partial charge < -0.3 is 14.8 Å². The third kappa shape index (κ3) is 4.45. The minimum atomic E-state index is -0.297. The number of hydrogen-bond acceptors (Lipinski definition) is 4. The number of aldehydes is 1. The average molecular weight is 411 g/mol. The van der Waals surface area contributed by atoms with Gasteiger partial charge in [-0.2, -0.15) is 0 Å². The van der Waals surface area contributed by atoms with E-state index >= 15 is 0 Å². The van der Waals surface area contributed by atoms with Crippen molar-refractivity contribution in [1.82, 2.24) is 0 Å². The monoisotopic (exact) mass is 411 g/mol. The van der Waals surface area contributed by atoms with E-state index in [-0.39, 0.29) is 12.5 Å². The van der Waals surface area contributed by atoms with E-state index in [2.05, 4.69) is 27.9 Å². The van der Waals surface area contributed by atoms with Crippen LogP contribution in [0.5, 0.6) is 11.5 Å². The smallest absolute Gasteiger partial charge is 0.262 e. The molecule has 2 aromatic rings. The molecule has 2 aromatic carbocycles. The molecule has 2 rings (SSSR count). The number of carbonyl (C=O) groups excluding carboxylic acids is 2. The van der Waals surface area contributed by atoms with Gasteiger partial charge in [0.1, 0.15) is 11.5 Å². The van der Waals surface area contributed by atoms with Crippen LogP contribution in [0.2, 0.25) is 0 Å². The first kappa shape index (κ1) is 16.3. The van der Waals surface area contributed by atoms with E-state index < -0.39 is 0 Å². The molecular weight excluding hydrogens is 397 g/mol. The van der Waals surface area contributed by atoms with Gasteiger partial charge in [-0.1, -0.05) is 0 Å². The molecule has 1 N–H and O–H groups in total. The summed E-state index contributed by atoms with van der Waals surface area (Å²) in [5.74, 6) is 0.597. The van der Waals surface area contributed by atoms with E-state index in [1.165, 1.54) is 7.11 Å². The summed E-state index contributed by atoms with van der Waals surface area (Å²) in [7, 11) is 1.51. The highest BCUT2D eigenvalue weighted by atomic mass is 127. The van der Waals surface area contributed by atoms with Gasteiger partial charge >= 0.3 is 0 Å². The Kier molecular flexibility index (Phi) is 5.76. The van der Waals surface area contributed by atoms with Gasteiger partial charge in [0.05, 0.1) is 12.7 Å². The Bertz CT molecular complexity index is 670. The summed E-state index contributed by atoms with van der Waals surface area (Å²) < 4.78 is 11.5. The summed E-state index contributed by atoms with van der Waals surface area (Å²) in [6.45, 7) is -0.181. The Morgan fingerprint density at radius 2 is 1.95 bits per heavy atom. The van der Waals surface area contributed by atoms with Crippen molar-refractivity contribution in [2.45, 2.75) is 0 Å². The van der Waals surface area contributed by atoms with Crippen LogP contribution in [-0.2, 0) is 4.79 Å². The van der Waals surface area contributed by atoms with Crippen molar-refractivity contribution in [3.8, 4) is 11.5 Å². The first-order valence-corrected chi connectivity index (χ1v) is 7.51. The Balaban J connectivity index is 1.96. The second-order valence-corrected chi connectivity index (χ2v) is 5.61. The molecule has 0 unspecified atom stereocenters. The van der Waals surface area contributed by atoms with Crippen LogP contribution < -0.4 is 14.8 Å². The number of carbonyl (C=O) groups is 2. The lowest BCUT2D eigenvalue weighted by atomic mass is 10.2. The molecule has 0 saturated carbocycles. The third-order valence-electron chi connectivity index (χ3n) is 2.83. The summed E-state index contributed by atoms with van der Waals surface area (Å²) in [4.78, 5) is 22.9. The van der Waals surface area contributed by atoms with Gasteiger partial charge in [-0.05, 0) is 65.1 Å². The molecule has 6 heteroatoms. The Morgan fingerprint density at radius 1 is 1.23 bits per heavy atom. The fourth-order valence-electron chi connectivity index (χ4n) is 1.75. The molecule has 114 valence electrons. The maximum Gasteiger partial charge on any atom is 0.262 e. The zero-order valence-corrected chi connectivity index (χ0v) is 14.0. The average Bonchev–Trinajstić information content (AvgIpc) is 2.55. The highest BCUT2D eigenvalue weighted by Crippen LogP contribution is 2.22. The van der Waals surface area contributed by atoms with Crippen LogP contribution in [-0.4, -0.2) is 25.9 Å². The molecule has 0 fully saturated rings. The molecule has 0 atom stereocenters. The molecule has 0 heterocycles. The SMILES string of the molecule is COc1ccc(OCC(=O)Nc2ccc(I)cc2)c(C=O)c1. The molecule has 0 aliphatic carbocycles. The molecule has 0 radical (unpaired) electrons. The quantitative estimate of drug-likeness (QED) is 0.586. The van der Waals surface area contributed by atoms with Crippen LogP contribution >= 0.6 is 22.6 Å². The maximum atomic E-state index is 11.8. The van der Waals surface area contributed by atoms with Gasteiger partial charge in [0.25, 0.3) is 5.91 Å². The summed E-state index contributed by atoms with van der Waals surface area (Å²) in [6.07, 6.45) is 0.662. The minimum absolute atomic E-state index is 0.181. The number of methoxy groups -OCH3 is 1. The van der Waals surface area contributed by atoms with E-state index in [1.807, 2.05) is 24.3 Å². The topological polar surface area (TPSA) is 64.6 Å². The molecule has 1 amide bonds. The number of hydrogen-bond donors (Lipinski definition) is 1. The molecule has 0 aliphatic rings. The zero-order valence-electron chi connectivity index (χ0n) is 11.8. The van der Waals surface area contributed by atoms with E-state index in [9.17, 15) is 9.59 Å². The first-order chi connectivity index (χ1) is 10.6. The number of halogens is 1. The molecule has 0 aromatic heterocycles. The second kappa shape index (κ2) is 7.79. The van der Waals surface area contributed by atoms with Crippen LogP contribution in [0.4, 0.5) is 5.69 Å². The predicted molar refractivity (Wildman–Crippen MR) is 91.7 cm³/mol. The lowest BCUT2D eigenvalue weighted by Gasteiger charge is -2.10. The molecule has 0 spiro atoms. The van der Waals surface area contributed by atoms with Crippen LogP contribution in [0.1, 0.15) is 10.4 Å². The molecule has 0 bridgehead atoms. The van der Waals surface area contributed by atoms with Crippen molar-refractivity contribution in [2.24, 2.45) is 0 Å². The molecule has 0 saturated heterocycles. The largest absolute Gasteiger partial charge is 0.497 e. The van der Waals surface area contributed by atoms with Crippen molar-refractivity contribution in [3.05, 3.63) is 51.6 Å². The number of nitrogens with one attached hydrogen (secondary N) is 1. The Hall–Kier alpha value is -2.09.